The molecule has 1 heterocycles. The SMILES string of the molecule is CC1CCC(CN)(C(=O)c2ccc3c(c2)CCO3)CC1. The van der Waals surface area contributed by atoms with E-state index >= 15 is 0 Å². The molecule has 1 aliphatic heterocycles. The summed E-state index contributed by atoms with van der Waals surface area (Å²) < 4.78 is 5.51. The van der Waals surface area contributed by atoms with Crippen LogP contribution in [-0.2, 0) is 6.42 Å². The predicted octanol–water partition coefficient (Wildman–Crippen LogP) is 2.96. The molecule has 0 amide bonds. The van der Waals surface area contributed by atoms with Gasteiger partial charge in [-0.3, -0.25) is 4.79 Å². The Morgan fingerprint density at radius 1 is 1.40 bits per heavy atom. The van der Waals surface area contributed by atoms with E-state index in [1.54, 1.807) is 0 Å². The Labute approximate surface area is 120 Å². The Balaban J connectivity index is 1.87. The highest BCUT2D eigenvalue weighted by Crippen LogP contribution is 2.41. The largest absolute Gasteiger partial charge is 0.493 e. The molecule has 1 aromatic rings. The van der Waals surface area contributed by atoms with Gasteiger partial charge in [-0.15, -0.1) is 0 Å². The standard InChI is InChI=1S/C17H23NO2/c1-12-4-7-17(11-18,8-5-12)16(19)14-2-3-15-13(10-14)6-9-20-15/h2-3,10,12H,4-9,11,18H2,1H3. The maximum Gasteiger partial charge on any atom is 0.170 e. The second kappa shape index (κ2) is 5.21. The van der Waals surface area contributed by atoms with Crippen LogP contribution < -0.4 is 10.5 Å². The number of carbonyl (C=O) groups excluding carboxylic acids is 1. The second-order valence-corrected chi connectivity index (χ2v) is 6.42. The third kappa shape index (κ3) is 2.24. The molecule has 20 heavy (non-hydrogen) atoms. The van der Waals surface area contributed by atoms with E-state index in [1.807, 2.05) is 18.2 Å². The smallest absolute Gasteiger partial charge is 0.170 e. The van der Waals surface area contributed by atoms with Crippen LogP contribution in [0.4, 0.5) is 0 Å². The average Bonchev–Trinajstić information content (AvgIpc) is 2.95. The van der Waals surface area contributed by atoms with Gasteiger partial charge >= 0.3 is 0 Å². The van der Waals surface area contributed by atoms with Crippen LogP contribution in [0.3, 0.4) is 0 Å². The normalized spacial score (nSPS) is 28.8. The van der Waals surface area contributed by atoms with Gasteiger partial charge in [-0.25, -0.2) is 0 Å². The summed E-state index contributed by atoms with van der Waals surface area (Å²) in [5.74, 6) is 1.89. The predicted molar refractivity (Wildman–Crippen MR) is 79.1 cm³/mol. The Morgan fingerprint density at radius 3 is 2.85 bits per heavy atom. The lowest BCUT2D eigenvalue weighted by Gasteiger charge is -2.37. The van der Waals surface area contributed by atoms with E-state index in [2.05, 4.69) is 6.92 Å². The molecule has 0 bridgehead atoms. The summed E-state index contributed by atoms with van der Waals surface area (Å²) in [5.41, 5.74) is 7.63. The molecule has 108 valence electrons. The number of ketones is 1. The summed E-state index contributed by atoms with van der Waals surface area (Å²) in [7, 11) is 0. The minimum Gasteiger partial charge on any atom is -0.493 e. The molecule has 1 saturated carbocycles. The summed E-state index contributed by atoms with van der Waals surface area (Å²) in [6.07, 6.45) is 4.98. The number of hydrogen-bond acceptors (Lipinski definition) is 3. The molecule has 0 saturated heterocycles. The summed E-state index contributed by atoms with van der Waals surface area (Å²) in [6, 6.07) is 5.85. The van der Waals surface area contributed by atoms with Gasteiger partial charge in [-0.2, -0.15) is 0 Å². The van der Waals surface area contributed by atoms with Gasteiger partial charge in [0, 0.05) is 23.9 Å². The molecule has 0 spiro atoms. The number of fused-ring (bicyclic) bond motifs is 1. The maximum absolute atomic E-state index is 12.9. The van der Waals surface area contributed by atoms with Crippen LogP contribution in [0.1, 0.15) is 48.5 Å². The molecule has 3 rings (SSSR count). The van der Waals surface area contributed by atoms with Crippen molar-refractivity contribution >= 4 is 5.78 Å². The van der Waals surface area contributed by atoms with E-state index in [4.69, 9.17) is 10.5 Å². The number of rotatable bonds is 3. The van der Waals surface area contributed by atoms with Gasteiger partial charge in [-0.1, -0.05) is 6.92 Å². The molecule has 0 radical (unpaired) electrons. The Bertz CT molecular complexity index is 516. The zero-order valence-electron chi connectivity index (χ0n) is 12.2. The molecule has 2 aliphatic rings. The number of carbonyl (C=O) groups is 1. The van der Waals surface area contributed by atoms with Crippen LogP contribution in [0.15, 0.2) is 18.2 Å². The number of Topliss-reactive ketones (excluding diaryl/α,β-unsaturated/α-hetero) is 1. The van der Waals surface area contributed by atoms with E-state index in [0.717, 1.165) is 61.5 Å². The molecule has 3 heteroatoms. The minimum atomic E-state index is -0.333. The van der Waals surface area contributed by atoms with Crippen molar-refractivity contribution in [3.8, 4) is 5.75 Å². The zero-order chi connectivity index (χ0) is 14.2. The lowest BCUT2D eigenvalue weighted by molar-refractivity contribution is 0.0695. The van der Waals surface area contributed by atoms with E-state index in [9.17, 15) is 4.79 Å². The van der Waals surface area contributed by atoms with Crippen molar-refractivity contribution in [2.45, 2.75) is 39.0 Å². The van der Waals surface area contributed by atoms with E-state index in [0.29, 0.717) is 6.54 Å². The summed E-state index contributed by atoms with van der Waals surface area (Å²) >= 11 is 0. The summed E-state index contributed by atoms with van der Waals surface area (Å²) in [5, 5.41) is 0. The van der Waals surface area contributed by atoms with Crippen LogP contribution in [-0.4, -0.2) is 18.9 Å². The highest BCUT2D eigenvalue weighted by atomic mass is 16.5. The average molecular weight is 273 g/mol. The molecule has 1 aliphatic carbocycles. The number of hydrogen-bond donors (Lipinski definition) is 1. The number of nitrogens with two attached hydrogens (primary N) is 1. The first-order valence-electron chi connectivity index (χ1n) is 7.65. The van der Waals surface area contributed by atoms with Crippen LogP contribution in [0.25, 0.3) is 0 Å². The van der Waals surface area contributed by atoms with Gasteiger partial charge < -0.3 is 10.5 Å². The van der Waals surface area contributed by atoms with Crippen LogP contribution in [0, 0.1) is 11.3 Å². The van der Waals surface area contributed by atoms with Gasteiger partial charge in [0.05, 0.1) is 6.61 Å². The lowest BCUT2D eigenvalue weighted by atomic mass is 9.67. The zero-order valence-corrected chi connectivity index (χ0v) is 12.2. The van der Waals surface area contributed by atoms with Crippen molar-refractivity contribution < 1.29 is 9.53 Å². The van der Waals surface area contributed by atoms with Crippen LogP contribution in [0.2, 0.25) is 0 Å². The first-order valence-corrected chi connectivity index (χ1v) is 7.65. The van der Waals surface area contributed by atoms with E-state index in [1.165, 1.54) is 0 Å². The fraction of sp³-hybridized carbons (Fsp3) is 0.588. The highest BCUT2D eigenvalue weighted by Gasteiger charge is 2.40. The fourth-order valence-corrected chi connectivity index (χ4v) is 3.47. The van der Waals surface area contributed by atoms with Crippen molar-refractivity contribution in [1.29, 1.82) is 0 Å². The first-order chi connectivity index (χ1) is 9.64. The quantitative estimate of drug-likeness (QED) is 0.861. The van der Waals surface area contributed by atoms with Crippen LogP contribution in [0.5, 0.6) is 5.75 Å². The third-order valence-corrected chi connectivity index (χ3v) is 5.06. The summed E-state index contributed by atoms with van der Waals surface area (Å²) in [4.78, 5) is 12.9. The lowest BCUT2D eigenvalue weighted by Crippen LogP contribution is -2.41. The molecule has 1 fully saturated rings. The highest BCUT2D eigenvalue weighted by molar-refractivity contribution is 6.01. The second-order valence-electron chi connectivity index (χ2n) is 6.42. The molecule has 0 atom stereocenters. The molecular formula is C17H23NO2. The molecule has 1 aromatic carbocycles. The van der Waals surface area contributed by atoms with Crippen LogP contribution >= 0.6 is 0 Å². The fourth-order valence-electron chi connectivity index (χ4n) is 3.47. The van der Waals surface area contributed by atoms with Gasteiger partial charge in [0.1, 0.15) is 5.75 Å². The maximum atomic E-state index is 12.9. The van der Waals surface area contributed by atoms with E-state index in [-0.39, 0.29) is 11.2 Å². The minimum absolute atomic E-state index is 0.238. The Kier molecular flexibility index (Phi) is 3.55. The molecule has 2 N–H and O–H groups in total. The first kappa shape index (κ1) is 13.6. The van der Waals surface area contributed by atoms with Gasteiger partial charge in [0.2, 0.25) is 0 Å². The summed E-state index contributed by atoms with van der Waals surface area (Å²) in [6.45, 7) is 3.45. The molecule has 0 aromatic heterocycles. The van der Waals surface area contributed by atoms with Gasteiger partial charge in [0.15, 0.2) is 5.78 Å². The van der Waals surface area contributed by atoms with Crippen molar-refractivity contribution in [3.63, 3.8) is 0 Å². The monoisotopic (exact) mass is 273 g/mol. The Hall–Kier alpha value is -1.35. The molecular weight excluding hydrogens is 250 g/mol. The van der Waals surface area contributed by atoms with Crippen molar-refractivity contribution in [3.05, 3.63) is 29.3 Å². The van der Waals surface area contributed by atoms with Crippen molar-refractivity contribution in [1.82, 2.24) is 0 Å². The number of benzene rings is 1. The topological polar surface area (TPSA) is 52.3 Å². The Morgan fingerprint density at radius 2 is 2.15 bits per heavy atom. The number of ether oxygens (including phenoxy) is 1. The van der Waals surface area contributed by atoms with Crippen molar-refractivity contribution in [2.75, 3.05) is 13.2 Å². The van der Waals surface area contributed by atoms with Gasteiger partial charge in [0.25, 0.3) is 0 Å². The van der Waals surface area contributed by atoms with E-state index < -0.39 is 0 Å². The molecule has 0 unspecified atom stereocenters. The van der Waals surface area contributed by atoms with Gasteiger partial charge in [-0.05, 0) is 55.4 Å². The third-order valence-electron chi connectivity index (χ3n) is 5.06. The molecule has 3 nitrogen and oxygen atoms in total. The van der Waals surface area contributed by atoms with Crippen molar-refractivity contribution in [2.24, 2.45) is 17.1 Å².